The minimum atomic E-state index is 0.570. The maximum atomic E-state index is 4.52. The van der Waals surface area contributed by atoms with Crippen molar-refractivity contribution in [2.45, 2.75) is 32.2 Å². The second kappa shape index (κ2) is 5.50. The zero-order valence-corrected chi connectivity index (χ0v) is 11.2. The highest BCUT2D eigenvalue weighted by atomic mass is 15.2. The third kappa shape index (κ3) is 2.60. The van der Waals surface area contributed by atoms with Gasteiger partial charge in [-0.2, -0.15) is 0 Å². The number of pyridine rings is 1. The highest BCUT2D eigenvalue weighted by Gasteiger charge is 2.27. The van der Waals surface area contributed by atoms with Crippen LogP contribution >= 0.6 is 0 Å². The van der Waals surface area contributed by atoms with E-state index in [1.54, 1.807) is 0 Å². The smallest absolute Gasteiger partial charge is 0.132 e. The van der Waals surface area contributed by atoms with Crippen LogP contribution in [0, 0.1) is 0 Å². The van der Waals surface area contributed by atoms with Gasteiger partial charge in [0.25, 0.3) is 0 Å². The van der Waals surface area contributed by atoms with Gasteiger partial charge in [-0.05, 0) is 38.4 Å². The Morgan fingerprint density at radius 1 is 1.47 bits per heavy atom. The molecule has 3 heteroatoms. The van der Waals surface area contributed by atoms with Crippen LogP contribution < -0.4 is 4.90 Å². The Morgan fingerprint density at radius 3 is 3.00 bits per heavy atom. The van der Waals surface area contributed by atoms with E-state index in [9.17, 15) is 0 Å². The Morgan fingerprint density at radius 2 is 2.29 bits per heavy atom. The zero-order valence-electron chi connectivity index (χ0n) is 11.2. The van der Waals surface area contributed by atoms with Gasteiger partial charge in [0.1, 0.15) is 5.82 Å². The molecular weight excluding hydrogens is 210 g/mol. The van der Waals surface area contributed by atoms with E-state index in [2.05, 4.69) is 47.9 Å². The molecule has 2 rings (SSSR count). The molecule has 0 radical (unpaired) electrons. The van der Waals surface area contributed by atoms with Crippen LogP contribution in [-0.4, -0.2) is 37.1 Å². The summed E-state index contributed by atoms with van der Waals surface area (Å²) in [4.78, 5) is 9.24. The van der Waals surface area contributed by atoms with Crippen LogP contribution in [0.25, 0.3) is 0 Å². The lowest BCUT2D eigenvalue weighted by Crippen LogP contribution is -2.26. The van der Waals surface area contributed by atoms with Gasteiger partial charge < -0.3 is 4.90 Å². The first-order valence-corrected chi connectivity index (χ1v) is 6.60. The average Bonchev–Trinajstić information content (AvgIpc) is 2.77. The average molecular weight is 233 g/mol. The van der Waals surface area contributed by atoms with Crippen molar-refractivity contribution in [3.05, 3.63) is 23.9 Å². The number of nitrogens with zero attached hydrogens (tertiary/aromatic N) is 3. The summed E-state index contributed by atoms with van der Waals surface area (Å²) in [6, 6.07) is 4.87. The molecule has 1 aromatic rings. The number of rotatable bonds is 4. The monoisotopic (exact) mass is 233 g/mol. The van der Waals surface area contributed by atoms with E-state index in [1.165, 1.54) is 37.9 Å². The fourth-order valence-electron chi connectivity index (χ4n) is 2.78. The van der Waals surface area contributed by atoms with Crippen molar-refractivity contribution in [3.8, 4) is 0 Å². The predicted octanol–water partition coefficient (Wildman–Crippen LogP) is 2.69. The van der Waals surface area contributed by atoms with E-state index in [0.29, 0.717) is 6.04 Å². The van der Waals surface area contributed by atoms with Crippen LogP contribution in [0.2, 0.25) is 0 Å². The molecule has 0 N–H and O–H groups in total. The summed E-state index contributed by atoms with van der Waals surface area (Å²) in [6.45, 7) is 4.69. The molecule has 1 unspecified atom stereocenters. The van der Waals surface area contributed by atoms with Gasteiger partial charge in [0, 0.05) is 31.9 Å². The van der Waals surface area contributed by atoms with E-state index in [-0.39, 0.29) is 0 Å². The molecule has 2 heterocycles. The van der Waals surface area contributed by atoms with Gasteiger partial charge in [-0.3, -0.25) is 4.90 Å². The van der Waals surface area contributed by atoms with Crippen molar-refractivity contribution in [1.29, 1.82) is 0 Å². The Kier molecular flexibility index (Phi) is 4.00. The minimum absolute atomic E-state index is 0.570. The summed E-state index contributed by atoms with van der Waals surface area (Å²) in [5, 5.41) is 0. The molecule has 1 aliphatic rings. The maximum absolute atomic E-state index is 4.52. The molecule has 0 amide bonds. The molecule has 1 aromatic heterocycles. The van der Waals surface area contributed by atoms with Crippen LogP contribution in [-0.2, 0) is 0 Å². The maximum Gasteiger partial charge on any atom is 0.132 e. The van der Waals surface area contributed by atoms with Crippen molar-refractivity contribution in [1.82, 2.24) is 9.88 Å². The first kappa shape index (κ1) is 12.4. The Bertz CT molecular complexity index is 362. The third-order valence-corrected chi connectivity index (χ3v) is 3.47. The third-order valence-electron chi connectivity index (χ3n) is 3.47. The van der Waals surface area contributed by atoms with Crippen LogP contribution in [0.3, 0.4) is 0 Å². The molecule has 1 aliphatic heterocycles. The first-order chi connectivity index (χ1) is 8.24. The Balaban J connectivity index is 2.26. The highest BCUT2D eigenvalue weighted by molar-refractivity contribution is 5.47. The summed E-state index contributed by atoms with van der Waals surface area (Å²) in [5.41, 5.74) is 1.39. The molecule has 3 nitrogen and oxygen atoms in total. The Labute approximate surface area is 104 Å². The van der Waals surface area contributed by atoms with Gasteiger partial charge in [-0.25, -0.2) is 4.98 Å². The lowest BCUT2D eigenvalue weighted by atomic mass is 10.0. The topological polar surface area (TPSA) is 19.4 Å². The summed E-state index contributed by atoms with van der Waals surface area (Å²) in [6.07, 6.45) is 5.70. The van der Waals surface area contributed by atoms with Crippen LogP contribution in [0.15, 0.2) is 18.3 Å². The van der Waals surface area contributed by atoms with Gasteiger partial charge >= 0.3 is 0 Å². The molecule has 1 atom stereocenters. The number of hydrogen-bond donors (Lipinski definition) is 0. The number of aromatic nitrogens is 1. The van der Waals surface area contributed by atoms with Crippen LogP contribution in [0.4, 0.5) is 5.82 Å². The lowest BCUT2D eigenvalue weighted by Gasteiger charge is -2.27. The standard InChI is InChI=1S/C14H23N3/c1-4-10-17-11-6-8-13(17)12-7-5-9-15-14(12)16(2)3/h5,7,9,13H,4,6,8,10-11H2,1-3H3. The molecule has 1 fully saturated rings. The first-order valence-electron chi connectivity index (χ1n) is 6.60. The van der Waals surface area contributed by atoms with Crippen LogP contribution in [0.1, 0.15) is 37.8 Å². The molecular formula is C14H23N3. The Hall–Kier alpha value is -1.09. The van der Waals surface area contributed by atoms with Gasteiger partial charge in [-0.15, -0.1) is 0 Å². The summed E-state index contributed by atoms with van der Waals surface area (Å²) >= 11 is 0. The lowest BCUT2D eigenvalue weighted by molar-refractivity contribution is 0.258. The number of likely N-dealkylation sites (tertiary alicyclic amines) is 1. The fraction of sp³-hybridized carbons (Fsp3) is 0.643. The van der Waals surface area contributed by atoms with Crippen molar-refractivity contribution in [2.75, 3.05) is 32.1 Å². The fourth-order valence-corrected chi connectivity index (χ4v) is 2.78. The normalized spacial score (nSPS) is 20.8. The zero-order chi connectivity index (χ0) is 12.3. The molecule has 0 saturated carbocycles. The quantitative estimate of drug-likeness (QED) is 0.797. The summed E-state index contributed by atoms with van der Waals surface area (Å²) in [5.74, 6) is 1.13. The molecule has 17 heavy (non-hydrogen) atoms. The van der Waals surface area contributed by atoms with E-state index in [4.69, 9.17) is 0 Å². The summed E-state index contributed by atoms with van der Waals surface area (Å²) < 4.78 is 0. The van der Waals surface area contributed by atoms with E-state index >= 15 is 0 Å². The summed E-state index contributed by atoms with van der Waals surface area (Å²) in [7, 11) is 4.15. The van der Waals surface area contributed by atoms with Crippen molar-refractivity contribution >= 4 is 5.82 Å². The highest BCUT2D eigenvalue weighted by Crippen LogP contribution is 2.35. The second-order valence-corrected chi connectivity index (χ2v) is 5.00. The number of hydrogen-bond acceptors (Lipinski definition) is 3. The van der Waals surface area contributed by atoms with E-state index in [1.807, 2.05) is 6.20 Å². The molecule has 0 aliphatic carbocycles. The molecule has 0 spiro atoms. The molecule has 1 saturated heterocycles. The van der Waals surface area contributed by atoms with E-state index < -0.39 is 0 Å². The largest absolute Gasteiger partial charge is 0.362 e. The SMILES string of the molecule is CCCN1CCCC1c1cccnc1N(C)C. The number of anilines is 1. The predicted molar refractivity (Wildman–Crippen MR) is 72.4 cm³/mol. The van der Waals surface area contributed by atoms with Crippen molar-refractivity contribution < 1.29 is 0 Å². The van der Waals surface area contributed by atoms with Crippen molar-refractivity contribution in [3.63, 3.8) is 0 Å². The molecule has 94 valence electrons. The second-order valence-electron chi connectivity index (χ2n) is 5.00. The van der Waals surface area contributed by atoms with Crippen molar-refractivity contribution in [2.24, 2.45) is 0 Å². The molecule has 0 bridgehead atoms. The van der Waals surface area contributed by atoms with Gasteiger partial charge in [0.2, 0.25) is 0 Å². The van der Waals surface area contributed by atoms with Gasteiger partial charge in [0.05, 0.1) is 0 Å². The minimum Gasteiger partial charge on any atom is -0.362 e. The van der Waals surface area contributed by atoms with Gasteiger partial charge in [-0.1, -0.05) is 13.0 Å². The van der Waals surface area contributed by atoms with E-state index in [0.717, 1.165) is 5.82 Å². The van der Waals surface area contributed by atoms with Gasteiger partial charge in [0.15, 0.2) is 0 Å². The molecule has 0 aromatic carbocycles. The van der Waals surface area contributed by atoms with Crippen LogP contribution in [0.5, 0.6) is 0 Å².